The number of carbonyl (C=O) groups excluding carboxylic acids is 1. The minimum Gasteiger partial charge on any atom is -0.369 e. The van der Waals surface area contributed by atoms with E-state index in [0.29, 0.717) is 29.8 Å². The molecule has 0 aromatic carbocycles. The molecule has 70 valence electrons. The molecule has 0 aromatic rings. The van der Waals surface area contributed by atoms with Gasteiger partial charge in [-0.25, -0.2) is 0 Å². The number of hydrogen-bond donors (Lipinski definition) is 0. The molecule has 0 spiro atoms. The van der Waals surface area contributed by atoms with Gasteiger partial charge in [-0.1, -0.05) is 0 Å². The van der Waals surface area contributed by atoms with E-state index in [2.05, 4.69) is 0 Å². The summed E-state index contributed by atoms with van der Waals surface area (Å²) in [5.74, 6) is 3.16. The van der Waals surface area contributed by atoms with Gasteiger partial charge in [0.1, 0.15) is 5.78 Å². The van der Waals surface area contributed by atoms with E-state index < -0.39 is 0 Å². The van der Waals surface area contributed by atoms with Crippen LogP contribution in [0.2, 0.25) is 0 Å². The Bertz CT molecular complexity index is 286. The monoisotopic (exact) mass is 178 g/mol. The van der Waals surface area contributed by atoms with E-state index in [1.54, 1.807) is 0 Å². The first kappa shape index (κ1) is 6.99. The minimum absolute atomic E-state index is 0.421. The fourth-order valence-electron chi connectivity index (χ4n) is 4.10. The minimum atomic E-state index is 0.421. The molecule has 6 atom stereocenters. The first-order valence-electron chi connectivity index (χ1n) is 5.51. The standard InChI is InChI=1S/C11H14O2/c12-9-4-8-5-1-6(9)3-7(2-5)10-11(8)13-10/h5-8,10-11H,1-4H2. The zero-order valence-electron chi connectivity index (χ0n) is 7.61. The molecule has 1 aliphatic heterocycles. The Morgan fingerprint density at radius 3 is 2.85 bits per heavy atom. The van der Waals surface area contributed by atoms with Crippen LogP contribution in [-0.4, -0.2) is 18.0 Å². The summed E-state index contributed by atoms with van der Waals surface area (Å²) >= 11 is 0. The quantitative estimate of drug-likeness (QED) is 0.524. The largest absolute Gasteiger partial charge is 0.369 e. The molecule has 1 heterocycles. The van der Waals surface area contributed by atoms with Crippen LogP contribution in [0.3, 0.4) is 0 Å². The third kappa shape index (κ3) is 0.762. The maximum atomic E-state index is 11.7. The van der Waals surface area contributed by atoms with Crippen molar-refractivity contribution in [2.24, 2.45) is 23.7 Å². The van der Waals surface area contributed by atoms with Crippen molar-refractivity contribution < 1.29 is 9.53 Å². The molecule has 6 unspecified atom stereocenters. The summed E-state index contributed by atoms with van der Waals surface area (Å²) in [5.41, 5.74) is 0. The number of fused-ring (bicyclic) bond motifs is 5. The van der Waals surface area contributed by atoms with Gasteiger partial charge in [-0.15, -0.1) is 0 Å². The Hall–Kier alpha value is -0.370. The van der Waals surface area contributed by atoms with Crippen LogP contribution in [0.15, 0.2) is 0 Å². The molecule has 0 amide bonds. The van der Waals surface area contributed by atoms with Crippen LogP contribution in [0.5, 0.6) is 0 Å². The van der Waals surface area contributed by atoms with Gasteiger partial charge in [-0.3, -0.25) is 4.79 Å². The molecule has 2 heteroatoms. The second-order valence-electron chi connectivity index (χ2n) is 5.32. The normalized spacial score (nSPS) is 62.0. The number of carbonyl (C=O) groups is 1. The predicted octanol–water partition coefficient (Wildman–Crippen LogP) is 1.39. The van der Waals surface area contributed by atoms with Gasteiger partial charge in [0.15, 0.2) is 0 Å². The molecule has 0 N–H and O–H groups in total. The van der Waals surface area contributed by atoms with Crippen LogP contribution < -0.4 is 0 Å². The summed E-state index contributed by atoms with van der Waals surface area (Å²) in [6.45, 7) is 0. The number of rotatable bonds is 0. The molecule has 0 aromatic heterocycles. The second kappa shape index (κ2) is 2.00. The Labute approximate surface area is 77.6 Å². The van der Waals surface area contributed by atoms with Gasteiger partial charge in [0, 0.05) is 12.3 Å². The van der Waals surface area contributed by atoms with Crippen LogP contribution in [-0.2, 0) is 9.53 Å². The topological polar surface area (TPSA) is 29.6 Å². The molecule has 3 saturated carbocycles. The second-order valence-corrected chi connectivity index (χ2v) is 5.32. The van der Waals surface area contributed by atoms with E-state index in [9.17, 15) is 4.79 Å². The number of epoxide rings is 1. The Morgan fingerprint density at radius 2 is 1.92 bits per heavy atom. The summed E-state index contributed by atoms with van der Waals surface area (Å²) in [6, 6.07) is 0. The van der Waals surface area contributed by atoms with Crippen molar-refractivity contribution >= 4 is 5.78 Å². The average Bonchev–Trinajstić information content (AvgIpc) is 2.89. The highest BCUT2D eigenvalue weighted by molar-refractivity contribution is 5.82. The molecule has 4 rings (SSSR count). The highest BCUT2D eigenvalue weighted by Crippen LogP contribution is 2.58. The van der Waals surface area contributed by atoms with Gasteiger partial charge in [0.25, 0.3) is 0 Å². The van der Waals surface area contributed by atoms with Gasteiger partial charge in [0.2, 0.25) is 0 Å². The fourth-order valence-corrected chi connectivity index (χ4v) is 4.10. The van der Waals surface area contributed by atoms with E-state index >= 15 is 0 Å². The van der Waals surface area contributed by atoms with E-state index in [1.807, 2.05) is 0 Å². The number of hydrogen-bond acceptors (Lipinski definition) is 2. The maximum absolute atomic E-state index is 11.7. The van der Waals surface area contributed by atoms with Crippen LogP contribution in [0.25, 0.3) is 0 Å². The number of Topliss-reactive ketones (excluding diaryl/α,β-unsaturated/α-hetero) is 1. The summed E-state index contributed by atoms with van der Waals surface area (Å²) in [6.07, 6.45) is 5.58. The molecule has 4 aliphatic rings. The highest BCUT2D eigenvalue weighted by atomic mass is 16.6. The zero-order valence-corrected chi connectivity index (χ0v) is 7.61. The third-order valence-electron chi connectivity index (χ3n) is 4.73. The van der Waals surface area contributed by atoms with Crippen LogP contribution >= 0.6 is 0 Å². The van der Waals surface area contributed by atoms with Gasteiger partial charge >= 0.3 is 0 Å². The van der Waals surface area contributed by atoms with E-state index in [1.165, 1.54) is 12.8 Å². The lowest BCUT2D eigenvalue weighted by Gasteiger charge is -2.45. The number of ketones is 1. The lowest BCUT2D eigenvalue weighted by atomic mass is 9.57. The summed E-state index contributed by atoms with van der Waals surface area (Å²) in [4.78, 5) is 11.7. The summed E-state index contributed by atoms with van der Waals surface area (Å²) in [5, 5.41) is 0. The highest BCUT2D eigenvalue weighted by Gasteiger charge is 2.61. The van der Waals surface area contributed by atoms with Crippen LogP contribution in [0.1, 0.15) is 25.7 Å². The van der Waals surface area contributed by atoms with Gasteiger partial charge in [-0.2, -0.15) is 0 Å². The average molecular weight is 178 g/mol. The molecule has 1 saturated heterocycles. The first-order valence-corrected chi connectivity index (χ1v) is 5.51. The SMILES string of the molecule is O=C1CC2C3CC1CC(C3)C1OC21. The summed E-state index contributed by atoms with van der Waals surface area (Å²) < 4.78 is 5.72. The predicted molar refractivity (Wildman–Crippen MR) is 46.1 cm³/mol. The van der Waals surface area contributed by atoms with E-state index in [0.717, 1.165) is 24.7 Å². The molecule has 3 aliphatic carbocycles. The van der Waals surface area contributed by atoms with E-state index in [4.69, 9.17) is 4.74 Å². The van der Waals surface area contributed by atoms with Crippen molar-refractivity contribution in [2.75, 3.05) is 0 Å². The summed E-state index contributed by atoms with van der Waals surface area (Å²) in [7, 11) is 0. The van der Waals surface area contributed by atoms with Crippen LogP contribution in [0.4, 0.5) is 0 Å². The fraction of sp³-hybridized carbons (Fsp3) is 0.909. The number of ether oxygens (including phenoxy) is 1. The van der Waals surface area contributed by atoms with E-state index in [-0.39, 0.29) is 0 Å². The molecule has 13 heavy (non-hydrogen) atoms. The first-order chi connectivity index (χ1) is 6.33. The molecular formula is C11H14O2. The van der Waals surface area contributed by atoms with Gasteiger partial charge in [-0.05, 0) is 37.0 Å². The third-order valence-corrected chi connectivity index (χ3v) is 4.73. The Kier molecular flexibility index (Phi) is 1.08. The molecular weight excluding hydrogens is 164 g/mol. The Morgan fingerprint density at radius 1 is 1.08 bits per heavy atom. The molecule has 3 bridgehead atoms. The lowest BCUT2D eigenvalue weighted by molar-refractivity contribution is -0.132. The zero-order chi connectivity index (χ0) is 8.58. The van der Waals surface area contributed by atoms with Crippen LogP contribution in [0, 0.1) is 23.7 Å². The maximum Gasteiger partial charge on any atom is 0.136 e. The van der Waals surface area contributed by atoms with Crippen molar-refractivity contribution in [1.82, 2.24) is 0 Å². The molecule has 2 nitrogen and oxygen atoms in total. The molecule has 0 radical (unpaired) electrons. The van der Waals surface area contributed by atoms with Gasteiger partial charge < -0.3 is 4.74 Å². The van der Waals surface area contributed by atoms with Crippen molar-refractivity contribution in [2.45, 2.75) is 37.9 Å². The van der Waals surface area contributed by atoms with Crippen molar-refractivity contribution in [3.8, 4) is 0 Å². The smallest absolute Gasteiger partial charge is 0.136 e. The lowest BCUT2D eigenvalue weighted by Crippen LogP contribution is -2.46. The van der Waals surface area contributed by atoms with Gasteiger partial charge in [0.05, 0.1) is 12.2 Å². The van der Waals surface area contributed by atoms with Crippen molar-refractivity contribution in [1.29, 1.82) is 0 Å². The van der Waals surface area contributed by atoms with Crippen molar-refractivity contribution in [3.05, 3.63) is 0 Å². The molecule has 4 fully saturated rings. The Balaban J connectivity index is 1.78. The van der Waals surface area contributed by atoms with Crippen molar-refractivity contribution in [3.63, 3.8) is 0 Å².